The third kappa shape index (κ3) is 2.31. The van der Waals surface area contributed by atoms with Crippen LogP contribution in [-0.4, -0.2) is 20.8 Å². The fourth-order valence-electron chi connectivity index (χ4n) is 3.52. The van der Waals surface area contributed by atoms with E-state index in [1.54, 1.807) is 0 Å². The molecule has 0 aliphatic carbocycles. The van der Waals surface area contributed by atoms with Crippen molar-refractivity contribution in [3.8, 4) is 5.75 Å². The molecule has 1 aliphatic rings. The number of pyridine rings is 1. The van der Waals surface area contributed by atoms with Crippen molar-refractivity contribution >= 4 is 27.6 Å². The van der Waals surface area contributed by atoms with Crippen molar-refractivity contribution in [2.45, 2.75) is 19.1 Å². The number of aryl methyl sites for hydroxylation is 2. The predicted octanol–water partition coefficient (Wildman–Crippen LogP) is 3.88. The maximum absolute atomic E-state index is 5.95. The number of fused-ring (bicyclic) bond motifs is 4. The van der Waals surface area contributed by atoms with Crippen molar-refractivity contribution in [3.05, 3.63) is 60.6 Å². The molecule has 0 spiro atoms. The number of nitrogens with zero attached hydrogens (tertiary/aromatic N) is 3. The number of anilines is 1. The molecule has 0 amide bonds. The summed E-state index contributed by atoms with van der Waals surface area (Å²) in [6.07, 6.45) is 3.52. The number of nitrogens with one attached hydrogen (secondary N) is 1. The zero-order valence-corrected chi connectivity index (χ0v) is 13.9. The summed E-state index contributed by atoms with van der Waals surface area (Å²) in [5.74, 6) is 1.99. The minimum atomic E-state index is -0.00405. The third-order valence-corrected chi connectivity index (χ3v) is 4.83. The monoisotopic (exact) mass is 330 g/mol. The number of para-hydroxylation sites is 2. The van der Waals surface area contributed by atoms with Gasteiger partial charge in [0.15, 0.2) is 6.23 Å². The molecule has 124 valence electrons. The van der Waals surface area contributed by atoms with Crippen molar-refractivity contribution in [2.24, 2.45) is 7.05 Å². The van der Waals surface area contributed by atoms with Crippen molar-refractivity contribution < 1.29 is 4.74 Å². The molecule has 0 saturated heterocycles. The third-order valence-electron chi connectivity index (χ3n) is 4.83. The van der Waals surface area contributed by atoms with E-state index in [4.69, 9.17) is 9.72 Å². The lowest BCUT2D eigenvalue weighted by atomic mass is 10.2. The van der Waals surface area contributed by atoms with E-state index in [0.717, 1.165) is 52.0 Å². The molecule has 0 bridgehead atoms. The van der Waals surface area contributed by atoms with Gasteiger partial charge in [-0.2, -0.15) is 0 Å². The van der Waals surface area contributed by atoms with Crippen LogP contribution in [-0.2, 0) is 13.5 Å². The van der Waals surface area contributed by atoms with E-state index in [1.165, 1.54) is 0 Å². The Kier molecular flexibility index (Phi) is 3.13. The van der Waals surface area contributed by atoms with Gasteiger partial charge in [0.25, 0.3) is 0 Å². The summed E-state index contributed by atoms with van der Waals surface area (Å²) in [5.41, 5.74) is 4.20. The number of hydrogen-bond acceptors (Lipinski definition) is 4. The van der Waals surface area contributed by atoms with Crippen LogP contribution in [0.4, 0.5) is 5.69 Å². The van der Waals surface area contributed by atoms with E-state index < -0.39 is 0 Å². The SMILES string of the molecule is Cn1c(CCC2Nc3ccccc3O2)nc2c3cccnc3ccc21. The highest BCUT2D eigenvalue weighted by Gasteiger charge is 2.21. The predicted molar refractivity (Wildman–Crippen MR) is 98.8 cm³/mol. The topological polar surface area (TPSA) is 52.0 Å². The fraction of sp³-hybridized carbons (Fsp3) is 0.200. The standard InChI is InChI=1S/C20H18N4O/c1-24-16-9-8-14-13(5-4-12-21-14)20(16)23-18(24)10-11-19-22-15-6-2-3-7-17(15)25-19/h2-9,12,19,22H,10-11H2,1H3. The number of benzene rings is 2. The highest BCUT2D eigenvalue weighted by molar-refractivity contribution is 6.02. The minimum absolute atomic E-state index is 0.00405. The van der Waals surface area contributed by atoms with E-state index in [0.29, 0.717) is 0 Å². The molecule has 0 radical (unpaired) electrons. The van der Waals surface area contributed by atoms with E-state index in [9.17, 15) is 0 Å². The van der Waals surface area contributed by atoms with Gasteiger partial charge in [-0.15, -0.1) is 0 Å². The van der Waals surface area contributed by atoms with Gasteiger partial charge in [-0.1, -0.05) is 12.1 Å². The summed E-state index contributed by atoms with van der Waals surface area (Å²) in [6, 6.07) is 16.3. The molecule has 0 saturated carbocycles. The Morgan fingerprint density at radius 1 is 1.12 bits per heavy atom. The van der Waals surface area contributed by atoms with Crippen LogP contribution in [0.3, 0.4) is 0 Å². The Morgan fingerprint density at radius 2 is 2.04 bits per heavy atom. The van der Waals surface area contributed by atoms with Crippen LogP contribution in [0.25, 0.3) is 21.9 Å². The molecule has 2 aromatic heterocycles. The Labute approximate surface area is 145 Å². The van der Waals surface area contributed by atoms with Gasteiger partial charge < -0.3 is 14.6 Å². The highest BCUT2D eigenvalue weighted by atomic mass is 16.5. The molecule has 1 atom stereocenters. The molecule has 1 N–H and O–H groups in total. The van der Waals surface area contributed by atoms with E-state index in [1.807, 2.05) is 36.5 Å². The van der Waals surface area contributed by atoms with Gasteiger partial charge in [-0.25, -0.2) is 4.98 Å². The van der Waals surface area contributed by atoms with Crippen molar-refractivity contribution in [1.29, 1.82) is 0 Å². The first-order valence-electron chi connectivity index (χ1n) is 8.51. The van der Waals surface area contributed by atoms with E-state index >= 15 is 0 Å². The van der Waals surface area contributed by atoms with Crippen LogP contribution in [0.15, 0.2) is 54.7 Å². The second kappa shape index (κ2) is 5.48. The van der Waals surface area contributed by atoms with Gasteiger partial charge in [0.2, 0.25) is 0 Å². The fourth-order valence-corrected chi connectivity index (χ4v) is 3.52. The summed E-state index contributed by atoms with van der Waals surface area (Å²) in [5, 5.41) is 4.52. The zero-order valence-electron chi connectivity index (χ0n) is 13.9. The summed E-state index contributed by atoms with van der Waals surface area (Å²) >= 11 is 0. The Hall–Kier alpha value is -3.08. The van der Waals surface area contributed by atoms with Crippen LogP contribution in [0, 0.1) is 0 Å². The van der Waals surface area contributed by atoms with Gasteiger partial charge in [0.1, 0.15) is 11.6 Å². The first kappa shape index (κ1) is 14.3. The summed E-state index contributed by atoms with van der Waals surface area (Å²) in [4.78, 5) is 9.31. The Balaban J connectivity index is 1.42. The molecule has 25 heavy (non-hydrogen) atoms. The quantitative estimate of drug-likeness (QED) is 0.619. The molecule has 1 aliphatic heterocycles. The molecule has 5 heteroatoms. The van der Waals surface area contributed by atoms with E-state index in [2.05, 4.69) is 40.1 Å². The normalized spacial score (nSPS) is 16.0. The lowest BCUT2D eigenvalue weighted by molar-refractivity contribution is 0.241. The van der Waals surface area contributed by atoms with E-state index in [-0.39, 0.29) is 6.23 Å². The van der Waals surface area contributed by atoms with Gasteiger partial charge in [-0.3, -0.25) is 4.98 Å². The summed E-state index contributed by atoms with van der Waals surface area (Å²) in [6.45, 7) is 0. The molecule has 5 rings (SSSR count). The maximum atomic E-state index is 5.95. The second-order valence-corrected chi connectivity index (χ2v) is 6.38. The summed E-state index contributed by atoms with van der Waals surface area (Å²) < 4.78 is 8.13. The highest BCUT2D eigenvalue weighted by Crippen LogP contribution is 2.32. The molecular weight excluding hydrogens is 312 g/mol. The van der Waals surface area contributed by atoms with Crippen LogP contribution in [0.1, 0.15) is 12.2 Å². The Bertz CT molecular complexity index is 1060. The average molecular weight is 330 g/mol. The van der Waals surface area contributed by atoms with Crippen molar-refractivity contribution in [2.75, 3.05) is 5.32 Å². The number of imidazole rings is 1. The minimum Gasteiger partial charge on any atom is -0.469 e. The smallest absolute Gasteiger partial charge is 0.170 e. The van der Waals surface area contributed by atoms with Crippen LogP contribution >= 0.6 is 0 Å². The Morgan fingerprint density at radius 3 is 2.96 bits per heavy atom. The molecule has 5 nitrogen and oxygen atoms in total. The number of aromatic nitrogens is 3. The molecule has 1 unspecified atom stereocenters. The van der Waals surface area contributed by atoms with Crippen LogP contribution in [0.5, 0.6) is 5.75 Å². The van der Waals surface area contributed by atoms with Gasteiger partial charge in [0.05, 0.1) is 22.2 Å². The lowest BCUT2D eigenvalue weighted by Gasteiger charge is -2.11. The molecule has 2 aromatic carbocycles. The molecule has 0 fully saturated rings. The van der Waals surface area contributed by atoms with Gasteiger partial charge >= 0.3 is 0 Å². The first-order chi connectivity index (χ1) is 12.3. The van der Waals surface area contributed by atoms with Gasteiger partial charge in [0, 0.05) is 31.5 Å². The summed E-state index contributed by atoms with van der Waals surface area (Å²) in [7, 11) is 2.07. The zero-order chi connectivity index (χ0) is 16.8. The maximum Gasteiger partial charge on any atom is 0.170 e. The first-order valence-corrected chi connectivity index (χ1v) is 8.51. The number of ether oxygens (including phenoxy) is 1. The lowest BCUT2D eigenvalue weighted by Crippen LogP contribution is -2.21. The van der Waals surface area contributed by atoms with Crippen LogP contribution < -0.4 is 10.1 Å². The molecule has 3 heterocycles. The largest absolute Gasteiger partial charge is 0.469 e. The molecule has 4 aromatic rings. The molecular formula is C20H18N4O. The van der Waals surface area contributed by atoms with Gasteiger partial charge in [-0.05, 0) is 36.4 Å². The number of rotatable bonds is 3. The average Bonchev–Trinajstić information content (AvgIpc) is 3.21. The van der Waals surface area contributed by atoms with Crippen LogP contribution in [0.2, 0.25) is 0 Å². The second-order valence-electron chi connectivity index (χ2n) is 6.38. The number of hydrogen-bond donors (Lipinski definition) is 1. The van der Waals surface area contributed by atoms with Crippen molar-refractivity contribution in [3.63, 3.8) is 0 Å². The van der Waals surface area contributed by atoms with Crippen molar-refractivity contribution in [1.82, 2.24) is 14.5 Å².